The van der Waals surface area contributed by atoms with Crippen LogP contribution in [0.1, 0.15) is 41.1 Å². The zero-order valence-corrected chi connectivity index (χ0v) is 15.5. The van der Waals surface area contributed by atoms with Gasteiger partial charge in [-0.05, 0) is 36.5 Å². The maximum atomic E-state index is 13.4. The average molecular weight is 420 g/mol. The van der Waals surface area contributed by atoms with Gasteiger partial charge in [0.05, 0.1) is 23.5 Å². The van der Waals surface area contributed by atoms with Crippen LogP contribution in [0.15, 0.2) is 18.2 Å². The van der Waals surface area contributed by atoms with Crippen LogP contribution < -0.4 is 15.8 Å². The number of nitrogens with two attached hydrogens (primary N) is 1. The van der Waals surface area contributed by atoms with Gasteiger partial charge in [0.2, 0.25) is 5.91 Å². The summed E-state index contributed by atoms with van der Waals surface area (Å²) in [5.41, 5.74) is 4.32. The topological polar surface area (TPSA) is 116 Å². The zero-order valence-electron chi connectivity index (χ0n) is 14.7. The SMILES string of the molecule is NC(=O)CC1(NC(=O)c2ccc(C3CC3)c(OC(F)C(F)F)c2)CS(=O)(=O)C1. The first-order valence-electron chi connectivity index (χ1n) is 8.54. The minimum atomic E-state index is -3.39. The monoisotopic (exact) mass is 420 g/mol. The van der Waals surface area contributed by atoms with Crippen LogP contribution in [0.2, 0.25) is 0 Å². The molecule has 1 aromatic rings. The second kappa shape index (κ2) is 7.26. The molecule has 7 nitrogen and oxygen atoms in total. The largest absolute Gasteiger partial charge is 0.454 e. The van der Waals surface area contributed by atoms with Crippen LogP contribution in [0, 0.1) is 0 Å². The molecule has 28 heavy (non-hydrogen) atoms. The van der Waals surface area contributed by atoms with E-state index < -0.39 is 51.5 Å². The van der Waals surface area contributed by atoms with Crippen molar-refractivity contribution < 1.29 is 35.9 Å². The summed E-state index contributed by atoms with van der Waals surface area (Å²) >= 11 is 0. The van der Waals surface area contributed by atoms with Crippen molar-refractivity contribution in [3.8, 4) is 5.75 Å². The van der Waals surface area contributed by atoms with Crippen molar-refractivity contribution in [3.63, 3.8) is 0 Å². The minimum Gasteiger partial charge on any atom is -0.454 e. The van der Waals surface area contributed by atoms with Gasteiger partial charge in [-0.25, -0.2) is 17.2 Å². The molecule has 11 heteroatoms. The standard InChI is InChI=1S/C17H19F3N2O5S/c18-14(19)15(20)27-12-5-10(3-4-11(12)9-1-2-9)16(24)22-17(6-13(21)23)7-28(25,26)8-17/h3-5,9,14-15H,1-2,6-8H2,(H2,21,23)(H,22,24). The number of amides is 2. The second-order valence-corrected chi connectivity index (χ2v) is 9.30. The summed E-state index contributed by atoms with van der Waals surface area (Å²) in [6.07, 6.45) is -4.95. The van der Waals surface area contributed by atoms with Gasteiger partial charge in [0.1, 0.15) is 5.75 Å². The van der Waals surface area contributed by atoms with E-state index in [0.29, 0.717) is 5.56 Å². The number of hydrogen-bond acceptors (Lipinski definition) is 5. The van der Waals surface area contributed by atoms with Crippen molar-refractivity contribution >= 4 is 21.7 Å². The second-order valence-electron chi connectivity index (χ2n) is 7.24. The molecule has 0 bridgehead atoms. The number of rotatable bonds is 8. The van der Waals surface area contributed by atoms with Gasteiger partial charge < -0.3 is 15.8 Å². The third-order valence-corrected chi connectivity index (χ3v) is 6.60. The van der Waals surface area contributed by atoms with Crippen molar-refractivity contribution in [3.05, 3.63) is 29.3 Å². The molecule has 1 aliphatic carbocycles. The molecule has 1 saturated carbocycles. The van der Waals surface area contributed by atoms with Gasteiger partial charge in [-0.3, -0.25) is 9.59 Å². The fraction of sp³-hybridized carbons (Fsp3) is 0.529. The van der Waals surface area contributed by atoms with E-state index in [4.69, 9.17) is 10.5 Å². The van der Waals surface area contributed by atoms with Crippen LogP contribution in [0.5, 0.6) is 5.75 Å². The Bertz CT molecular complexity index is 890. The van der Waals surface area contributed by atoms with Crippen LogP contribution in [0.4, 0.5) is 13.2 Å². The molecule has 1 aromatic carbocycles. The zero-order chi connectivity index (χ0) is 20.7. The van der Waals surface area contributed by atoms with Crippen LogP contribution in [0.25, 0.3) is 0 Å². The Morgan fingerprint density at radius 1 is 1.25 bits per heavy atom. The summed E-state index contributed by atoms with van der Waals surface area (Å²) in [7, 11) is -3.39. The smallest absolute Gasteiger partial charge is 0.304 e. The summed E-state index contributed by atoms with van der Waals surface area (Å²) in [6.45, 7) is 0. The number of nitrogens with one attached hydrogen (secondary N) is 1. The molecule has 0 radical (unpaired) electrons. The first-order chi connectivity index (χ1) is 13.0. The summed E-state index contributed by atoms with van der Waals surface area (Å²) in [5, 5.41) is 2.48. The van der Waals surface area contributed by atoms with Gasteiger partial charge in [0, 0.05) is 5.56 Å². The fourth-order valence-electron chi connectivity index (χ4n) is 3.35. The highest BCUT2D eigenvalue weighted by Crippen LogP contribution is 2.45. The molecule has 2 aliphatic rings. The van der Waals surface area contributed by atoms with Gasteiger partial charge in [-0.15, -0.1) is 0 Å². The maximum absolute atomic E-state index is 13.4. The van der Waals surface area contributed by atoms with Crippen LogP contribution >= 0.6 is 0 Å². The Hall–Kier alpha value is -2.30. The molecular formula is C17H19F3N2O5S. The predicted molar refractivity (Wildman–Crippen MR) is 92.6 cm³/mol. The molecule has 2 amide bonds. The van der Waals surface area contributed by atoms with E-state index in [1.54, 1.807) is 0 Å². The molecule has 1 unspecified atom stereocenters. The Kier molecular flexibility index (Phi) is 5.30. The van der Waals surface area contributed by atoms with Gasteiger partial charge >= 0.3 is 6.43 Å². The van der Waals surface area contributed by atoms with E-state index >= 15 is 0 Å². The quantitative estimate of drug-likeness (QED) is 0.657. The molecule has 154 valence electrons. The number of alkyl halides is 3. The molecule has 0 aromatic heterocycles. The average Bonchev–Trinajstić information content (AvgIpc) is 3.36. The van der Waals surface area contributed by atoms with Crippen molar-refractivity contribution in [2.75, 3.05) is 11.5 Å². The normalized spacial score (nSPS) is 20.9. The van der Waals surface area contributed by atoms with Crippen LogP contribution in [-0.4, -0.2) is 50.1 Å². The predicted octanol–water partition coefficient (Wildman–Crippen LogP) is 1.28. The van der Waals surface area contributed by atoms with E-state index in [0.717, 1.165) is 18.9 Å². The van der Waals surface area contributed by atoms with Crippen LogP contribution in [0.3, 0.4) is 0 Å². The number of benzene rings is 1. The lowest BCUT2D eigenvalue weighted by Crippen LogP contribution is -2.66. The Labute approximate surface area is 159 Å². The van der Waals surface area contributed by atoms with E-state index in [1.165, 1.54) is 12.1 Å². The molecule has 1 aliphatic heterocycles. The lowest BCUT2D eigenvalue weighted by atomic mass is 9.97. The lowest BCUT2D eigenvalue weighted by Gasteiger charge is -2.40. The number of primary amides is 1. The number of carbonyl (C=O) groups is 2. The highest BCUT2D eigenvalue weighted by atomic mass is 32.2. The summed E-state index contributed by atoms with van der Waals surface area (Å²) < 4.78 is 66.2. The molecule has 1 heterocycles. The molecule has 3 rings (SSSR count). The summed E-state index contributed by atoms with van der Waals surface area (Å²) in [6, 6.07) is 4.05. The third kappa shape index (κ3) is 4.57. The highest BCUT2D eigenvalue weighted by Gasteiger charge is 2.50. The lowest BCUT2D eigenvalue weighted by molar-refractivity contribution is -0.119. The first-order valence-corrected chi connectivity index (χ1v) is 10.4. The molecular weight excluding hydrogens is 401 g/mol. The van der Waals surface area contributed by atoms with Crippen molar-refractivity contribution in [2.24, 2.45) is 5.73 Å². The molecule has 3 N–H and O–H groups in total. The van der Waals surface area contributed by atoms with E-state index in [2.05, 4.69) is 5.32 Å². The van der Waals surface area contributed by atoms with Gasteiger partial charge in [0.25, 0.3) is 12.3 Å². The number of sulfone groups is 1. The van der Waals surface area contributed by atoms with E-state index in [1.807, 2.05) is 0 Å². The van der Waals surface area contributed by atoms with E-state index in [9.17, 15) is 31.2 Å². The van der Waals surface area contributed by atoms with Gasteiger partial charge in [-0.2, -0.15) is 4.39 Å². The number of carbonyl (C=O) groups excluding carboxylic acids is 2. The number of ether oxygens (including phenoxy) is 1. The fourth-order valence-corrected chi connectivity index (χ4v) is 5.29. The van der Waals surface area contributed by atoms with Crippen molar-refractivity contribution in [2.45, 2.75) is 43.5 Å². The van der Waals surface area contributed by atoms with Crippen molar-refractivity contribution in [1.82, 2.24) is 5.32 Å². The van der Waals surface area contributed by atoms with Gasteiger partial charge in [0.15, 0.2) is 9.84 Å². The Balaban J connectivity index is 1.82. The Morgan fingerprint density at radius 3 is 2.39 bits per heavy atom. The Morgan fingerprint density at radius 2 is 1.89 bits per heavy atom. The third-order valence-electron chi connectivity index (χ3n) is 4.61. The molecule has 1 saturated heterocycles. The molecule has 2 fully saturated rings. The summed E-state index contributed by atoms with van der Waals surface area (Å²) in [4.78, 5) is 23.8. The first kappa shape index (κ1) is 20.4. The number of halogens is 3. The highest BCUT2D eigenvalue weighted by molar-refractivity contribution is 7.93. The maximum Gasteiger partial charge on any atom is 0.304 e. The summed E-state index contributed by atoms with van der Waals surface area (Å²) in [5.74, 6) is -2.49. The van der Waals surface area contributed by atoms with Gasteiger partial charge in [-0.1, -0.05) is 6.07 Å². The van der Waals surface area contributed by atoms with Crippen molar-refractivity contribution in [1.29, 1.82) is 0 Å². The minimum absolute atomic E-state index is 0.0333. The van der Waals surface area contributed by atoms with E-state index in [-0.39, 0.29) is 23.7 Å². The number of hydrogen-bond donors (Lipinski definition) is 2. The molecule has 1 atom stereocenters. The van der Waals surface area contributed by atoms with Crippen LogP contribution in [-0.2, 0) is 14.6 Å². The molecule has 0 spiro atoms.